The number of carbonyl (C=O) groups is 2. The maximum Gasteiger partial charge on any atom is 0.270 e. The standard InChI is InChI=1S/C18H23N3O2/c1-12(2)19-17(22)14-7-5-9-21(11-14)18(23)16-10-13-6-3-4-8-15(13)20-16/h3-4,6,8,10,12,14,20H,5,7,9,11H2,1-2H3,(H,19,22)/t14-/m0/s1. The fourth-order valence-corrected chi connectivity index (χ4v) is 3.14. The smallest absolute Gasteiger partial charge is 0.270 e. The third-order valence-corrected chi connectivity index (χ3v) is 4.27. The molecule has 1 aliphatic rings. The molecule has 122 valence electrons. The van der Waals surface area contributed by atoms with Gasteiger partial charge in [0.25, 0.3) is 5.91 Å². The molecule has 0 saturated carbocycles. The van der Waals surface area contributed by atoms with Crippen molar-refractivity contribution in [3.05, 3.63) is 36.0 Å². The third-order valence-electron chi connectivity index (χ3n) is 4.27. The number of fused-ring (bicyclic) bond motifs is 1. The predicted molar refractivity (Wildman–Crippen MR) is 90.2 cm³/mol. The molecule has 1 aliphatic heterocycles. The lowest BCUT2D eigenvalue weighted by atomic mass is 9.96. The number of rotatable bonds is 3. The molecule has 1 saturated heterocycles. The molecule has 1 aromatic heterocycles. The van der Waals surface area contributed by atoms with E-state index in [2.05, 4.69) is 10.3 Å². The molecule has 23 heavy (non-hydrogen) atoms. The Hall–Kier alpha value is -2.30. The van der Waals surface area contributed by atoms with E-state index in [1.54, 1.807) is 4.90 Å². The molecule has 0 bridgehead atoms. The minimum atomic E-state index is -0.112. The summed E-state index contributed by atoms with van der Waals surface area (Å²) < 4.78 is 0. The van der Waals surface area contributed by atoms with Crippen LogP contribution in [-0.4, -0.2) is 40.8 Å². The lowest BCUT2D eigenvalue weighted by Crippen LogP contribution is -2.46. The Labute approximate surface area is 136 Å². The Bertz CT molecular complexity index is 687. The zero-order valence-electron chi connectivity index (χ0n) is 13.6. The van der Waals surface area contributed by atoms with Crippen molar-refractivity contribution in [3.63, 3.8) is 0 Å². The number of benzene rings is 1. The van der Waals surface area contributed by atoms with Crippen molar-refractivity contribution in [2.75, 3.05) is 13.1 Å². The number of amides is 2. The average molecular weight is 313 g/mol. The molecule has 2 amide bonds. The second-order valence-electron chi connectivity index (χ2n) is 6.52. The number of aromatic nitrogens is 1. The van der Waals surface area contributed by atoms with E-state index < -0.39 is 0 Å². The highest BCUT2D eigenvalue weighted by Crippen LogP contribution is 2.21. The Morgan fingerprint density at radius 1 is 1.30 bits per heavy atom. The number of hydrogen-bond donors (Lipinski definition) is 2. The molecule has 3 rings (SSSR count). The van der Waals surface area contributed by atoms with Gasteiger partial charge in [-0.25, -0.2) is 0 Å². The summed E-state index contributed by atoms with van der Waals surface area (Å²) in [6, 6.07) is 9.86. The zero-order chi connectivity index (χ0) is 16.4. The summed E-state index contributed by atoms with van der Waals surface area (Å²) in [6.45, 7) is 5.11. The van der Waals surface area contributed by atoms with Crippen LogP contribution in [-0.2, 0) is 4.79 Å². The first kappa shape index (κ1) is 15.6. The number of nitrogens with zero attached hydrogens (tertiary/aromatic N) is 1. The van der Waals surface area contributed by atoms with Gasteiger partial charge in [0.05, 0.1) is 5.92 Å². The highest BCUT2D eigenvalue weighted by Gasteiger charge is 2.29. The molecule has 2 aromatic rings. The van der Waals surface area contributed by atoms with E-state index in [-0.39, 0.29) is 23.8 Å². The maximum atomic E-state index is 12.7. The minimum Gasteiger partial charge on any atom is -0.354 e. The number of carbonyl (C=O) groups excluding carboxylic acids is 2. The van der Waals surface area contributed by atoms with Crippen LogP contribution >= 0.6 is 0 Å². The van der Waals surface area contributed by atoms with Crippen LogP contribution in [0.4, 0.5) is 0 Å². The molecule has 0 spiro atoms. The second kappa shape index (κ2) is 6.44. The van der Waals surface area contributed by atoms with Gasteiger partial charge in [0.2, 0.25) is 5.91 Å². The molecule has 1 atom stereocenters. The van der Waals surface area contributed by atoms with Crippen molar-refractivity contribution in [1.29, 1.82) is 0 Å². The van der Waals surface area contributed by atoms with E-state index in [4.69, 9.17) is 0 Å². The molecule has 0 unspecified atom stereocenters. The van der Waals surface area contributed by atoms with E-state index in [1.807, 2.05) is 44.2 Å². The number of piperidine rings is 1. The van der Waals surface area contributed by atoms with Crippen molar-refractivity contribution in [1.82, 2.24) is 15.2 Å². The minimum absolute atomic E-state index is 0.0248. The van der Waals surface area contributed by atoms with E-state index in [0.29, 0.717) is 18.8 Å². The summed E-state index contributed by atoms with van der Waals surface area (Å²) in [4.78, 5) is 29.9. The number of para-hydroxylation sites is 1. The number of likely N-dealkylation sites (tertiary alicyclic amines) is 1. The van der Waals surface area contributed by atoms with Crippen molar-refractivity contribution in [2.24, 2.45) is 5.92 Å². The van der Waals surface area contributed by atoms with E-state index in [0.717, 1.165) is 23.7 Å². The van der Waals surface area contributed by atoms with E-state index in [1.165, 1.54) is 0 Å². The summed E-state index contributed by atoms with van der Waals surface area (Å²) in [5.74, 6) is -0.0862. The monoisotopic (exact) mass is 313 g/mol. The summed E-state index contributed by atoms with van der Waals surface area (Å²) in [7, 11) is 0. The van der Waals surface area contributed by atoms with Crippen LogP contribution in [0.2, 0.25) is 0 Å². The van der Waals surface area contributed by atoms with Crippen LogP contribution in [0.3, 0.4) is 0 Å². The van der Waals surface area contributed by atoms with Crippen LogP contribution in [0.15, 0.2) is 30.3 Å². The Kier molecular flexibility index (Phi) is 4.37. The van der Waals surface area contributed by atoms with Gasteiger partial charge in [0.15, 0.2) is 0 Å². The van der Waals surface area contributed by atoms with Gasteiger partial charge in [-0.2, -0.15) is 0 Å². The second-order valence-corrected chi connectivity index (χ2v) is 6.52. The molecular weight excluding hydrogens is 290 g/mol. The molecular formula is C18H23N3O2. The summed E-state index contributed by atoms with van der Waals surface area (Å²) >= 11 is 0. The summed E-state index contributed by atoms with van der Waals surface area (Å²) in [6.07, 6.45) is 1.71. The highest BCUT2D eigenvalue weighted by molar-refractivity contribution is 5.98. The lowest BCUT2D eigenvalue weighted by molar-refractivity contribution is -0.126. The van der Waals surface area contributed by atoms with Crippen LogP contribution in [0.25, 0.3) is 10.9 Å². The average Bonchev–Trinajstić information content (AvgIpc) is 2.97. The molecule has 2 N–H and O–H groups in total. The van der Waals surface area contributed by atoms with Gasteiger partial charge in [-0.1, -0.05) is 18.2 Å². The van der Waals surface area contributed by atoms with Gasteiger partial charge in [-0.05, 0) is 38.8 Å². The van der Waals surface area contributed by atoms with E-state index >= 15 is 0 Å². The van der Waals surface area contributed by atoms with E-state index in [9.17, 15) is 9.59 Å². The highest BCUT2D eigenvalue weighted by atomic mass is 16.2. The number of nitrogens with one attached hydrogen (secondary N) is 2. The molecule has 0 aliphatic carbocycles. The molecule has 2 heterocycles. The molecule has 1 aromatic carbocycles. The van der Waals surface area contributed by atoms with Crippen molar-refractivity contribution in [3.8, 4) is 0 Å². The quantitative estimate of drug-likeness (QED) is 0.914. The number of hydrogen-bond acceptors (Lipinski definition) is 2. The molecule has 5 heteroatoms. The Morgan fingerprint density at radius 2 is 2.09 bits per heavy atom. The van der Waals surface area contributed by atoms with Gasteiger partial charge in [0.1, 0.15) is 5.69 Å². The van der Waals surface area contributed by atoms with Crippen LogP contribution in [0.5, 0.6) is 0 Å². The maximum absolute atomic E-state index is 12.7. The lowest BCUT2D eigenvalue weighted by Gasteiger charge is -2.32. The number of H-pyrrole nitrogens is 1. The number of aromatic amines is 1. The molecule has 0 radical (unpaired) electrons. The van der Waals surface area contributed by atoms with Crippen LogP contribution in [0, 0.1) is 5.92 Å². The van der Waals surface area contributed by atoms with Gasteiger partial charge in [-0.15, -0.1) is 0 Å². The zero-order valence-corrected chi connectivity index (χ0v) is 13.6. The SMILES string of the molecule is CC(C)NC(=O)[C@H]1CCCN(C(=O)c2cc3ccccc3[nH]2)C1. The summed E-state index contributed by atoms with van der Waals surface area (Å²) in [5, 5.41) is 3.98. The van der Waals surface area contributed by atoms with Gasteiger partial charge in [0, 0.05) is 30.0 Å². The Morgan fingerprint density at radius 3 is 2.83 bits per heavy atom. The first-order valence-electron chi connectivity index (χ1n) is 8.22. The van der Waals surface area contributed by atoms with Crippen LogP contribution < -0.4 is 5.32 Å². The first-order chi connectivity index (χ1) is 11.0. The first-order valence-corrected chi connectivity index (χ1v) is 8.22. The molecule has 5 nitrogen and oxygen atoms in total. The van der Waals surface area contributed by atoms with Crippen molar-refractivity contribution >= 4 is 22.7 Å². The summed E-state index contributed by atoms with van der Waals surface area (Å²) in [5.41, 5.74) is 1.55. The molecule has 1 fully saturated rings. The van der Waals surface area contributed by atoms with Gasteiger partial charge >= 0.3 is 0 Å². The van der Waals surface area contributed by atoms with Crippen LogP contribution in [0.1, 0.15) is 37.2 Å². The third kappa shape index (κ3) is 3.38. The fourth-order valence-electron chi connectivity index (χ4n) is 3.14. The predicted octanol–water partition coefficient (Wildman–Crippen LogP) is 2.54. The Balaban J connectivity index is 1.72. The topological polar surface area (TPSA) is 65.2 Å². The largest absolute Gasteiger partial charge is 0.354 e. The van der Waals surface area contributed by atoms with Crippen molar-refractivity contribution < 1.29 is 9.59 Å². The van der Waals surface area contributed by atoms with Gasteiger partial charge < -0.3 is 15.2 Å². The fraction of sp³-hybridized carbons (Fsp3) is 0.444. The van der Waals surface area contributed by atoms with Gasteiger partial charge in [-0.3, -0.25) is 9.59 Å². The van der Waals surface area contributed by atoms with Crippen molar-refractivity contribution in [2.45, 2.75) is 32.7 Å². The normalized spacial score (nSPS) is 18.4.